The fourth-order valence-corrected chi connectivity index (χ4v) is 3.10. The molecule has 9 heteroatoms. The number of hydrogen-bond donors (Lipinski definition) is 3. The molecule has 0 atom stereocenters. The van der Waals surface area contributed by atoms with Gasteiger partial charge in [0.1, 0.15) is 11.6 Å². The summed E-state index contributed by atoms with van der Waals surface area (Å²) in [6.07, 6.45) is 3.20. The lowest BCUT2D eigenvalue weighted by molar-refractivity contribution is -0.117. The van der Waals surface area contributed by atoms with Gasteiger partial charge in [-0.25, -0.2) is 9.38 Å². The maximum absolute atomic E-state index is 13.7. The van der Waals surface area contributed by atoms with E-state index in [1.165, 1.54) is 32.5 Å². The molecule has 1 amide bonds. The van der Waals surface area contributed by atoms with Gasteiger partial charge in [0.15, 0.2) is 0 Å². The fourth-order valence-electron chi connectivity index (χ4n) is 2.89. The SMILES string of the molecule is C=NC(=O)/C(=C\N(Cc1cc(O)cc(F)c1)c1cc(Cl)cc2[nH]ccc12)OC.CN. The van der Waals surface area contributed by atoms with Crippen LogP contribution in [0.4, 0.5) is 10.1 Å². The molecule has 0 unspecified atom stereocenters. The number of carbonyl (C=O) groups is 1. The van der Waals surface area contributed by atoms with Gasteiger partial charge in [-0.15, -0.1) is 0 Å². The zero-order chi connectivity index (χ0) is 22.3. The van der Waals surface area contributed by atoms with Gasteiger partial charge in [-0.2, -0.15) is 0 Å². The van der Waals surface area contributed by atoms with E-state index >= 15 is 0 Å². The Kier molecular flexibility index (Phi) is 7.97. The van der Waals surface area contributed by atoms with Crippen LogP contribution in [0.5, 0.6) is 5.75 Å². The number of halogens is 2. The van der Waals surface area contributed by atoms with Gasteiger partial charge in [-0.05, 0) is 49.7 Å². The first kappa shape index (κ1) is 22.9. The number of aromatic nitrogens is 1. The summed E-state index contributed by atoms with van der Waals surface area (Å²) in [5.41, 5.74) is 6.42. The molecule has 4 N–H and O–H groups in total. The number of methoxy groups -OCH3 is 1. The highest BCUT2D eigenvalue weighted by Gasteiger charge is 2.16. The van der Waals surface area contributed by atoms with E-state index in [1.807, 2.05) is 6.07 Å². The third-order valence-electron chi connectivity index (χ3n) is 4.06. The van der Waals surface area contributed by atoms with Gasteiger partial charge < -0.3 is 25.5 Å². The second-order valence-electron chi connectivity index (χ2n) is 5.97. The topological polar surface area (TPSA) is 104 Å². The first-order valence-corrected chi connectivity index (χ1v) is 9.15. The van der Waals surface area contributed by atoms with Crippen LogP contribution in [0.15, 0.2) is 59.5 Å². The number of nitrogens with zero attached hydrogens (tertiary/aromatic N) is 2. The van der Waals surface area contributed by atoms with Crippen LogP contribution in [0, 0.1) is 5.82 Å². The van der Waals surface area contributed by atoms with Crippen LogP contribution in [-0.2, 0) is 16.1 Å². The number of aromatic hydroxyl groups is 1. The number of anilines is 1. The largest absolute Gasteiger partial charge is 0.508 e. The Balaban J connectivity index is 0.00000155. The second-order valence-corrected chi connectivity index (χ2v) is 6.41. The smallest absolute Gasteiger partial charge is 0.312 e. The number of aliphatic imine (C=N–C) groups is 1. The molecule has 7 nitrogen and oxygen atoms in total. The Bertz CT molecular complexity index is 1060. The summed E-state index contributed by atoms with van der Waals surface area (Å²) < 4.78 is 18.9. The monoisotopic (exact) mass is 432 g/mol. The first-order valence-electron chi connectivity index (χ1n) is 8.77. The third-order valence-corrected chi connectivity index (χ3v) is 4.28. The predicted molar refractivity (Wildman–Crippen MR) is 117 cm³/mol. The molecule has 0 saturated heterocycles. The van der Waals surface area contributed by atoms with E-state index in [4.69, 9.17) is 16.3 Å². The number of aromatic amines is 1. The number of nitrogens with two attached hydrogens (primary N) is 1. The van der Waals surface area contributed by atoms with Crippen molar-refractivity contribution in [3.8, 4) is 5.75 Å². The average molecular weight is 433 g/mol. The maximum atomic E-state index is 13.7. The van der Waals surface area contributed by atoms with Crippen LogP contribution < -0.4 is 10.6 Å². The van der Waals surface area contributed by atoms with Gasteiger partial charge >= 0.3 is 5.91 Å². The maximum Gasteiger partial charge on any atom is 0.312 e. The van der Waals surface area contributed by atoms with Crippen LogP contribution in [0.1, 0.15) is 5.56 Å². The van der Waals surface area contributed by atoms with Crippen LogP contribution in [0.3, 0.4) is 0 Å². The predicted octanol–water partition coefficient (Wildman–Crippen LogP) is 3.96. The fraction of sp³-hybridized carbons (Fsp3) is 0.143. The summed E-state index contributed by atoms with van der Waals surface area (Å²) in [6, 6.07) is 9.07. The Labute approximate surface area is 178 Å². The standard InChI is InChI=1S/C20H17ClFN3O3.CH5N/c1-23-20(27)19(28-2)11-25(10-12-5-14(22)9-15(26)6-12)18-8-13(21)7-17-16(18)3-4-24-17;1-2/h3-9,11,24,26H,1,10H2,2H3;2H2,1H3/b19-11+;. The normalized spacial score (nSPS) is 10.9. The van der Waals surface area contributed by atoms with E-state index < -0.39 is 11.7 Å². The molecule has 0 aliphatic rings. The number of ether oxygens (including phenoxy) is 1. The molecule has 0 aliphatic heterocycles. The van der Waals surface area contributed by atoms with Crippen molar-refractivity contribution in [2.24, 2.45) is 10.7 Å². The minimum atomic E-state index is -0.651. The number of carbonyl (C=O) groups excluding carboxylic acids is 1. The quantitative estimate of drug-likeness (QED) is 0.310. The molecule has 3 rings (SSSR count). The lowest BCUT2D eigenvalue weighted by Crippen LogP contribution is -2.19. The lowest BCUT2D eigenvalue weighted by atomic mass is 10.1. The summed E-state index contributed by atoms with van der Waals surface area (Å²) in [6.45, 7) is 3.35. The van der Waals surface area contributed by atoms with E-state index in [2.05, 4.69) is 22.4 Å². The lowest BCUT2D eigenvalue weighted by Gasteiger charge is -2.23. The van der Waals surface area contributed by atoms with E-state index in [0.29, 0.717) is 16.3 Å². The number of phenolic OH excluding ortho intramolecular Hbond substituents is 1. The number of benzene rings is 2. The Morgan fingerprint density at radius 2 is 2.10 bits per heavy atom. The Morgan fingerprint density at radius 3 is 2.73 bits per heavy atom. The number of hydrogen-bond acceptors (Lipinski definition) is 5. The van der Waals surface area contributed by atoms with E-state index in [1.54, 1.807) is 23.2 Å². The summed E-state index contributed by atoms with van der Waals surface area (Å²) in [4.78, 5) is 20.1. The highest BCUT2D eigenvalue weighted by atomic mass is 35.5. The molecule has 2 aromatic carbocycles. The van der Waals surface area contributed by atoms with Crippen molar-refractivity contribution < 1.29 is 19.0 Å². The van der Waals surface area contributed by atoms with Crippen molar-refractivity contribution in [2.75, 3.05) is 19.1 Å². The molecule has 1 heterocycles. The van der Waals surface area contributed by atoms with Gasteiger partial charge in [0.05, 0.1) is 19.0 Å². The van der Waals surface area contributed by atoms with Crippen LogP contribution in [-0.4, -0.2) is 36.9 Å². The molecule has 1 aromatic heterocycles. The molecule has 3 aromatic rings. The minimum Gasteiger partial charge on any atom is -0.508 e. The highest BCUT2D eigenvalue weighted by molar-refractivity contribution is 6.31. The number of fused-ring (bicyclic) bond motifs is 1. The van der Waals surface area contributed by atoms with Crippen molar-refractivity contribution in [2.45, 2.75) is 6.54 Å². The van der Waals surface area contributed by atoms with Gasteiger partial charge in [0.2, 0.25) is 5.76 Å². The van der Waals surface area contributed by atoms with Crippen molar-refractivity contribution in [3.05, 3.63) is 71.0 Å². The van der Waals surface area contributed by atoms with Crippen molar-refractivity contribution >= 4 is 40.8 Å². The molecule has 158 valence electrons. The molecule has 0 radical (unpaired) electrons. The summed E-state index contributed by atoms with van der Waals surface area (Å²) >= 11 is 6.24. The first-order chi connectivity index (χ1) is 14.4. The molecule has 0 aliphatic carbocycles. The Morgan fingerprint density at radius 1 is 1.37 bits per heavy atom. The van der Waals surface area contributed by atoms with Gasteiger partial charge in [0, 0.05) is 34.7 Å². The summed E-state index contributed by atoms with van der Waals surface area (Å²) in [5, 5.41) is 11.0. The molecule has 0 bridgehead atoms. The number of rotatable bonds is 6. The van der Waals surface area contributed by atoms with Crippen LogP contribution in [0.25, 0.3) is 10.9 Å². The highest BCUT2D eigenvalue weighted by Crippen LogP contribution is 2.32. The van der Waals surface area contributed by atoms with Gasteiger partial charge in [0.25, 0.3) is 0 Å². The average Bonchev–Trinajstić information content (AvgIpc) is 3.19. The van der Waals surface area contributed by atoms with Crippen molar-refractivity contribution in [1.82, 2.24) is 4.98 Å². The molecular formula is C21H22ClFN4O3. The molecular weight excluding hydrogens is 411 g/mol. The Hall–Kier alpha value is -3.36. The van der Waals surface area contributed by atoms with E-state index in [-0.39, 0.29) is 18.1 Å². The van der Waals surface area contributed by atoms with Crippen LogP contribution in [0.2, 0.25) is 5.02 Å². The summed E-state index contributed by atoms with van der Waals surface area (Å²) in [7, 11) is 2.84. The molecule has 0 saturated carbocycles. The molecule has 0 fully saturated rings. The van der Waals surface area contributed by atoms with Crippen molar-refractivity contribution in [3.63, 3.8) is 0 Å². The minimum absolute atomic E-state index is 0.0562. The van der Waals surface area contributed by atoms with Crippen molar-refractivity contribution in [1.29, 1.82) is 0 Å². The third kappa shape index (κ3) is 5.37. The van der Waals surface area contributed by atoms with E-state index in [0.717, 1.165) is 17.0 Å². The number of phenols is 1. The summed E-state index contributed by atoms with van der Waals surface area (Å²) in [5.74, 6) is -1.48. The molecule has 0 spiro atoms. The van der Waals surface area contributed by atoms with Crippen LogP contribution >= 0.6 is 11.6 Å². The zero-order valence-corrected chi connectivity index (χ0v) is 17.3. The number of amides is 1. The van der Waals surface area contributed by atoms with Gasteiger partial charge in [-0.3, -0.25) is 4.79 Å². The number of nitrogens with one attached hydrogen (secondary N) is 1. The van der Waals surface area contributed by atoms with Gasteiger partial charge in [-0.1, -0.05) is 11.6 Å². The number of H-pyrrole nitrogens is 1. The zero-order valence-electron chi connectivity index (χ0n) is 16.5. The van der Waals surface area contributed by atoms with E-state index in [9.17, 15) is 14.3 Å². The second kappa shape index (κ2) is 10.4. The molecule has 30 heavy (non-hydrogen) atoms.